The van der Waals surface area contributed by atoms with Crippen LogP contribution in [0.2, 0.25) is 20.1 Å². The molecule has 0 bridgehead atoms. The first-order chi connectivity index (χ1) is 11.5. The molecule has 0 spiro atoms. The molecule has 2 nitrogen and oxygen atoms in total. The van der Waals surface area contributed by atoms with E-state index in [0.29, 0.717) is 31.3 Å². The van der Waals surface area contributed by atoms with Gasteiger partial charge in [0.25, 0.3) is 0 Å². The average Bonchev–Trinajstić information content (AvgIpc) is 2.59. The van der Waals surface area contributed by atoms with Gasteiger partial charge < -0.3 is 0 Å². The Labute approximate surface area is 159 Å². The lowest BCUT2D eigenvalue weighted by Gasteiger charge is -2.11. The van der Waals surface area contributed by atoms with E-state index >= 15 is 0 Å². The van der Waals surface area contributed by atoms with Crippen molar-refractivity contribution in [2.24, 2.45) is 0 Å². The van der Waals surface area contributed by atoms with E-state index in [1.54, 1.807) is 30.3 Å². The normalized spacial score (nSPS) is 10.5. The first-order valence-electron chi connectivity index (χ1n) is 6.80. The largest absolute Gasteiger partial charge is 0.254 e. The molecular formula is C18H8Cl4N2. The second-order valence-corrected chi connectivity index (χ2v) is 6.62. The zero-order valence-corrected chi connectivity index (χ0v) is 15.0. The summed E-state index contributed by atoms with van der Waals surface area (Å²) in [5, 5.41) is 11.0. The van der Waals surface area contributed by atoms with Gasteiger partial charge in [-0.05, 0) is 35.9 Å². The average molecular weight is 394 g/mol. The minimum Gasteiger partial charge on any atom is -0.254 e. The molecule has 0 aliphatic heterocycles. The number of pyridine rings is 1. The number of hydrogen-bond acceptors (Lipinski definition) is 2. The van der Waals surface area contributed by atoms with Crippen LogP contribution in [0.25, 0.3) is 22.4 Å². The van der Waals surface area contributed by atoms with Crippen LogP contribution in [0.3, 0.4) is 0 Å². The maximum absolute atomic E-state index is 9.17. The molecule has 0 amide bonds. The van der Waals surface area contributed by atoms with Crippen LogP contribution < -0.4 is 0 Å². The fourth-order valence-corrected chi connectivity index (χ4v) is 2.88. The van der Waals surface area contributed by atoms with Gasteiger partial charge >= 0.3 is 0 Å². The lowest BCUT2D eigenvalue weighted by atomic mass is 9.98. The Balaban J connectivity index is 2.25. The van der Waals surface area contributed by atoms with Crippen LogP contribution in [0.4, 0.5) is 0 Å². The SMILES string of the molecule is N#Cc1cnc(-c2ccc(Cl)c(Cl)c2)c(-c2ccc(Cl)c(Cl)c2)c1. The molecule has 2 aromatic carbocycles. The maximum atomic E-state index is 9.17. The molecule has 0 atom stereocenters. The van der Waals surface area contributed by atoms with Gasteiger partial charge in [0, 0.05) is 17.3 Å². The fraction of sp³-hybridized carbons (Fsp3) is 0. The quantitative estimate of drug-likeness (QED) is 0.474. The molecule has 0 N–H and O–H groups in total. The highest BCUT2D eigenvalue weighted by Crippen LogP contribution is 2.36. The summed E-state index contributed by atoms with van der Waals surface area (Å²) in [6.07, 6.45) is 1.51. The Kier molecular flexibility index (Phi) is 4.99. The van der Waals surface area contributed by atoms with Gasteiger partial charge in [-0.1, -0.05) is 58.5 Å². The van der Waals surface area contributed by atoms with Crippen molar-refractivity contribution in [2.75, 3.05) is 0 Å². The summed E-state index contributed by atoms with van der Waals surface area (Å²) in [7, 11) is 0. The van der Waals surface area contributed by atoms with Gasteiger partial charge in [0.15, 0.2) is 0 Å². The zero-order chi connectivity index (χ0) is 17.3. The van der Waals surface area contributed by atoms with E-state index in [4.69, 9.17) is 46.4 Å². The molecule has 0 saturated carbocycles. The molecule has 0 fully saturated rings. The number of rotatable bonds is 2. The first kappa shape index (κ1) is 17.1. The molecule has 24 heavy (non-hydrogen) atoms. The number of aromatic nitrogens is 1. The number of nitrogens with zero attached hydrogens (tertiary/aromatic N) is 2. The Bertz CT molecular complexity index is 977. The van der Waals surface area contributed by atoms with Crippen LogP contribution in [0, 0.1) is 11.3 Å². The van der Waals surface area contributed by atoms with Crippen molar-refractivity contribution in [3.63, 3.8) is 0 Å². The summed E-state index contributed by atoms with van der Waals surface area (Å²) < 4.78 is 0. The zero-order valence-electron chi connectivity index (χ0n) is 12.0. The van der Waals surface area contributed by atoms with Crippen molar-refractivity contribution in [1.29, 1.82) is 5.26 Å². The molecule has 118 valence electrons. The molecular weight excluding hydrogens is 386 g/mol. The Morgan fingerprint density at radius 2 is 1.33 bits per heavy atom. The Morgan fingerprint density at radius 1 is 0.750 bits per heavy atom. The lowest BCUT2D eigenvalue weighted by Crippen LogP contribution is -1.92. The standard InChI is InChI=1S/C18H8Cl4N2/c19-14-3-1-11(6-16(14)21)13-5-10(8-23)9-24-18(13)12-2-4-15(20)17(22)7-12/h1-7,9H. The fourth-order valence-electron chi connectivity index (χ4n) is 2.28. The summed E-state index contributed by atoms with van der Waals surface area (Å²) in [5.41, 5.74) is 3.46. The van der Waals surface area contributed by atoms with E-state index in [2.05, 4.69) is 11.1 Å². The van der Waals surface area contributed by atoms with Crippen molar-refractivity contribution >= 4 is 46.4 Å². The van der Waals surface area contributed by atoms with Crippen LogP contribution in [0.15, 0.2) is 48.7 Å². The van der Waals surface area contributed by atoms with E-state index in [0.717, 1.165) is 16.7 Å². The molecule has 6 heteroatoms. The predicted molar refractivity (Wildman–Crippen MR) is 99.9 cm³/mol. The van der Waals surface area contributed by atoms with Crippen molar-refractivity contribution < 1.29 is 0 Å². The topological polar surface area (TPSA) is 36.7 Å². The summed E-state index contributed by atoms with van der Waals surface area (Å²) >= 11 is 24.2. The Hall–Kier alpha value is -1.76. The van der Waals surface area contributed by atoms with Gasteiger partial charge in [-0.3, -0.25) is 4.98 Å². The summed E-state index contributed by atoms with van der Waals surface area (Å²) in [6, 6.07) is 14.4. The van der Waals surface area contributed by atoms with Crippen molar-refractivity contribution in [3.05, 3.63) is 74.3 Å². The van der Waals surface area contributed by atoms with Gasteiger partial charge in [0.1, 0.15) is 6.07 Å². The van der Waals surface area contributed by atoms with Crippen LogP contribution in [0.1, 0.15) is 5.56 Å². The van der Waals surface area contributed by atoms with Gasteiger partial charge in [-0.15, -0.1) is 0 Å². The first-order valence-corrected chi connectivity index (χ1v) is 8.32. The number of hydrogen-bond donors (Lipinski definition) is 0. The van der Waals surface area contributed by atoms with E-state index < -0.39 is 0 Å². The molecule has 0 aliphatic rings. The van der Waals surface area contributed by atoms with Crippen molar-refractivity contribution in [1.82, 2.24) is 4.98 Å². The van der Waals surface area contributed by atoms with Crippen LogP contribution in [-0.4, -0.2) is 4.98 Å². The third kappa shape index (κ3) is 3.36. The maximum Gasteiger partial charge on any atom is 0.101 e. The van der Waals surface area contributed by atoms with Crippen molar-refractivity contribution in [3.8, 4) is 28.5 Å². The predicted octanol–water partition coefficient (Wildman–Crippen LogP) is 6.90. The number of benzene rings is 2. The minimum atomic E-state index is 0.427. The van der Waals surface area contributed by atoms with Gasteiger partial charge in [-0.25, -0.2) is 0 Å². The molecule has 1 aromatic heterocycles. The lowest BCUT2D eigenvalue weighted by molar-refractivity contribution is 1.30. The molecule has 0 radical (unpaired) electrons. The van der Waals surface area contributed by atoms with Crippen LogP contribution in [-0.2, 0) is 0 Å². The molecule has 1 heterocycles. The third-order valence-corrected chi connectivity index (χ3v) is 4.92. The van der Waals surface area contributed by atoms with Crippen LogP contribution >= 0.6 is 46.4 Å². The van der Waals surface area contributed by atoms with E-state index in [9.17, 15) is 5.26 Å². The third-order valence-electron chi connectivity index (χ3n) is 3.44. The molecule has 3 aromatic rings. The second-order valence-electron chi connectivity index (χ2n) is 4.99. The highest BCUT2D eigenvalue weighted by Gasteiger charge is 2.13. The van der Waals surface area contributed by atoms with Gasteiger partial charge in [-0.2, -0.15) is 5.26 Å². The van der Waals surface area contributed by atoms with Crippen LogP contribution in [0.5, 0.6) is 0 Å². The molecule has 0 saturated heterocycles. The van der Waals surface area contributed by atoms with E-state index in [-0.39, 0.29) is 0 Å². The number of nitriles is 1. The second kappa shape index (κ2) is 7.01. The van der Waals surface area contributed by atoms with E-state index in [1.807, 2.05) is 12.1 Å². The van der Waals surface area contributed by atoms with Crippen molar-refractivity contribution in [2.45, 2.75) is 0 Å². The van der Waals surface area contributed by atoms with Gasteiger partial charge in [0.2, 0.25) is 0 Å². The monoisotopic (exact) mass is 392 g/mol. The summed E-state index contributed by atoms with van der Waals surface area (Å²) in [4.78, 5) is 4.42. The number of halogens is 4. The molecule has 3 rings (SSSR count). The summed E-state index contributed by atoms with van der Waals surface area (Å²) in [5.74, 6) is 0. The van der Waals surface area contributed by atoms with Gasteiger partial charge in [0.05, 0.1) is 31.3 Å². The Morgan fingerprint density at radius 3 is 1.92 bits per heavy atom. The molecule has 0 unspecified atom stereocenters. The summed E-state index contributed by atoms with van der Waals surface area (Å²) in [6.45, 7) is 0. The smallest absolute Gasteiger partial charge is 0.101 e. The molecule has 0 aliphatic carbocycles. The minimum absolute atomic E-state index is 0.427. The highest BCUT2D eigenvalue weighted by molar-refractivity contribution is 6.42. The highest BCUT2D eigenvalue weighted by atomic mass is 35.5. The van der Waals surface area contributed by atoms with E-state index in [1.165, 1.54) is 6.20 Å².